The van der Waals surface area contributed by atoms with Crippen molar-refractivity contribution < 1.29 is 14.3 Å². The molecule has 5 heteroatoms. The number of hydrogen-bond acceptors (Lipinski definition) is 4. The monoisotopic (exact) mass is 363 g/mol. The van der Waals surface area contributed by atoms with Crippen molar-refractivity contribution in [1.29, 1.82) is 0 Å². The normalized spacial score (nSPS) is 11.6. The van der Waals surface area contributed by atoms with Crippen LogP contribution in [0.5, 0.6) is 5.75 Å². The number of halogens is 1. The lowest BCUT2D eigenvalue weighted by atomic mass is 10.1. The number of anilines is 1. The molecule has 2 rings (SSSR count). The minimum atomic E-state index is -0.554. The number of rotatable bonds is 6. The Morgan fingerprint density at radius 2 is 1.77 bits per heavy atom. The fourth-order valence-corrected chi connectivity index (χ4v) is 2.28. The van der Waals surface area contributed by atoms with Gasteiger partial charge in [-0.3, -0.25) is 0 Å². The van der Waals surface area contributed by atoms with E-state index in [1.54, 1.807) is 14.0 Å². The van der Waals surface area contributed by atoms with Crippen LogP contribution in [0, 0.1) is 0 Å². The van der Waals surface area contributed by atoms with E-state index in [2.05, 4.69) is 21.2 Å². The van der Waals surface area contributed by atoms with Crippen LogP contribution in [-0.4, -0.2) is 19.7 Å². The molecule has 0 amide bonds. The predicted molar refractivity (Wildman–Crippen MR) is 90.1 cm³/mol. The maximum atomic E-state index is 12.2. The Morgan fingerprint density at radius 1 is 1.14 bits per heavy atom. The van der Waals surface area contributed by atoms with Crippen molar-refractivity contribution in [2.75, 3.05) is 19.0 Å². The number of hydrogen-bond donors (Lipinski definition) is 1. The maximum absolute atomic E-state index is 12.2. The summed E-state index contributed by atoms with van der Waals surface area (Å²) in [6, 6.07) is 14.4. The molecule has 0 spiro atoms. The minimum Gasteiger partial charge on any atom is -0.497 e. The fraction of sp³-hybridized carbons (Fsp3) is 0.235. The first-order valence-corrected chi connectivity index (χ1v) is 7.76. The molecule has 0 aliphatic carbocycles. The van der Waals surface area contributed by atoms with E-state index in [1.807, 2.05) is 48.5 Å². The zero-order chi connectivity index (χ0) is 15.9. The van der Waals surface area contributed by atoms with E-state index in [-0.39, 0.29) is 5.97 Å². The molecular weight excluding hydrogens is 346 g/mol. The molecule has 1 unspecified atom stereocenters. The first-order chi connectivity index (χ1) is 10.6. The summed E-state index contributed by atoms with van der Waals surface area (Å²) < 4.78 is 11.3. The molecule has 1 N–H and O–H groups in total. The van der Waals surface area contributed by atoms with Crippen molar-refractivity contribution >= 4 is 27.6 Å². The standard InChI is InChI=1S/C17H18BrNO3/c1-3-22-17(20)16(12-4-6-13(18)7-5-12)19-14-8-10-15(21-2)11-9-14/h4-11,16,19H,3H2,1-2H3. The van der Waals surface area contributed by atoms with Crippen LogP contribution in [0.15, 0.2) is 53.0 Å². The van der Waals surface area contributed by atoms with Gasteiger partial charge in [0.1, 0.15) is 5.75 Å². The van der Waals surface area contributed by atoms with Crippen molar-refractivity contribution in [1.82, 2.24) is 0 Å². The Hall–Kier alpha value is -2.01. The topological polar surface area (TPSA) is 47.6 Å². The Morgan fingerprint density at radius 3 is 2.32 bits per heavy atom. The number of benzene rings is 2. The van der Waals surface area contributed by atoms with Gasteiger partial charge in [0.05, 0.1) is 13.7 Å². The van der Waals surface area contributed by atoms with Crippen LogP contribution < -0.4 is 10.1 Å². The number of esters is 1. The van der Waals surface area contributed by atoms with Gasteiger partial charge in [-0.25, -0.2) is 4.79 Å². The van der Waals surface area contributed by atoms with Gasteiger partial charge in [0.2, 0.25) is 0 Å². The number of carbonyl (C=O) groups is 1. The molecular formula is C17H18BrNO3. The van der Waals surface area contributed by atoms with E-state index >= 15 is 0 Å². The van der Waals surface area contributed by atoms with Gasteiger partial charge in [0.15, 0.2) is 6.04 Å². The highest BCUT2D eigenvalue weighted by Gasteiger charge is 2.21. The van der Waals surface area contributed by atoms with Crippen molar-refractivity contribution in [2.45, 2.75) is 13.0 Å². The lowest BCUT2D eigenvalue weighted by Crippen LogP contribution is -2.23. The van der Waals surface area contributed by atoms with Crippen molar-refractivity contribution in [3.05, 3.63) is 58.6 Å². The van der Waals surface area contributed by atoms with Crippen LogP contribution in [0.4, 0.5) is 5.69 Å². The molecule has 22 heavy (non-hydrogen) atoms. The molecule has 0 heterocycles. The van der Waals surface area contributed by atoms with Crippen LogP contribution >= 0.6 is 15.9 Å². The summed E-state index contributed by atoms with van der Waals surface area (Å²) in [4.78, 5) is 12.2. The molecule has 2 aromatic rings. The Kier molecular flexibility index (Phi) is 5.83. The number of methoxy groups -OCH3 is 1. The third-order valence-electron chi connectivity index (χ3n) is 3.13. The smallest absolute Gasteiger partial charge is 0.333 e. The quantitative estimate of drug-likeness (QED) is 0.782. The van der Waals surface area contributed by atoms with E-state index in [4.69, 9.17) is 9.47 Å². The van der Waals surface area contributed by atoms with Crippen LogP contribution in [0.3, 0.4) is 0 Å². The number of nitrogens with one attached hydrogen (secondary N) is 1. The Bertz CT molecular complexity index is 611. The van der Waals surface area contributed by atoms with Crippen molar-refractivity contribution in [3.8, 4) is 5.75 Å². The molecule has 0 fully saturated rings. The SMILES string of the molecule is CCOC(=O)C(Nc1ccc(OC)cc1)c1ccc(Br)cc1. The molecule has 0 aliphatic heterocycles. The second-order valence-electron chi connectivity index (χ2n) is 4.61. The summed E-state index contributed by atoms with van der Waals surface area (Å²) in [6.45, 7) is 2.14. The Labute approximate surface area is 138 Å². The van der Waals surface area contributed by atoms with Gasteiger partial charge in [-0.05, 0) is 48.9 Å². The molecule has 0 saturated carbocycles. The van der Waals surface area contributed by atoms with Crippen molar-refractivity contribution in [3.63, 3.8) is 0 Å². The summed E-state index contributed by atoms with van der Waals surface area (Å²) in [7, 11) is 1.62. The van der Waals surface area contributed by atoms with E-state index in [0.717, 1.165) is 21.5 Å². The summed E-state index contributed by atoms with van der Waals surface area (Å²) >= 11 is 3.39. The molecule has 2 aromatic carbocycles. The van der Waals surface area contributed by atoms with E-state index in [0.29, 0.717) is 6.61 Å². The van der Waals surface area contributed by atoms with E-state index in [1.165, 1.54) is 0 Å². The Balaban J connectivity index is 2.23. The average Bonchev–Trinajstić information content (AvgIpc) is 2.54. The van der Waals surface area contributed by atoms with Crippen LogP contribution in [0.25, 0.3) is 0 Å². The van der Waals surface area contributed by atoms with Gasteiger partial charge in [-0.15, -0.1) is 0 Å². The van der Waals surface area contributed by atoms with Crippen molar-refractivity contribution in [2.24, 2.45) is 0 Å². The zero-order valence-corrected chi connectivity index (χ0v) is 14.1. The highest BCUT2D eigenvalue weighted by molar-refractivity contribution is 9.10. The molecule has 0 aromatic heterocycles. The average molecular weight is 364 g/mol. The van der Waals surface area contributed by atoms with Crippen LogP contribution in [0.2, 0.25) is 0 Å². The number of carbonyl (C=O) groups excluding carboxylic acids is 1. The molecule has 0 saturated heterocycles. The summed E-state index contributed by atoms with van der Waals surface area (Å²) in [6.07, 6.45) is 0. The first kappa shape index (κ1) is 16.4. The highest BCUT2D eigenvalue weighted by atomic mass is 79.9. The van der Waals surface area contributed by atoms with Crippen LogP contribution in [-0.2, 0) is 9.53 Å². The van der Waals surface area contributed by atoms with Crippen LogP contribution in [0.1, 0.15) is 18.5 Å². The summed E-state index contributed by atoms with van der Waals surface area (Å²) in [5.74, 6) is 0.461. The summed E-state index contributed by atoms with van der Waals surface area (Å²) in [5, 5.41) is 3.21. The van der Waals surface area contributed by atoms with E-state index < -0.39 is 6.04 Å². The van der Waals surface area contributed by atoms with Gasteiger partial charge in [-0.1, -0.05) is 28.1 Å². The fourth-order valence-electron chi connectivity index (χ4n) is 2.01. The molecule has 0 radical (unpaired) electrons. The van der Waals surface area contributed by atoms with Gasteiger partial charge < -0.3 is 14.8 Å². The van der Waals surface area contributed by atoms with Gasteiger partial charge in [0.25, 0.3) is 0 Å². The third-order valence-corrected chi connectivity index (χ3v) is 3.66. The van der Waals surface area contributed by atoms with Gasteiger partial charge >= 0.3 is 5.97 Å². The second kappa shape index (κ2) is 7.84. The molecule has 0 aliphatic rings. The number of ether oxygens (including phenoxy) is 2. The third kappa shape index (κ3) is 4.24. The van der Waals surface area contributed by atoms with Gasteiger partial charge in [0, 0.05) is 10.2 Å². The largest absolute Gasteiger partial charge is 0.497 e. The molecule has 1 atom stereocenters. The molecule has 0 bridgehead atoms. The lowest BCUT2D eigenvalue weighted by molar-refractivity contribution is -0.144. The molecule has 116 valence electrons. The van der Waals surface area contributed by atoms with E-state index in [9.17, 15) is 4.79 Å². The second-order valence-corrected chi connectivity index (χ2v) is 5.53. The maximum Gasteiger partial charge on any atom is 0.333 e. The zero-order valence-electron chi connectivity index (χ0n) is 12.5. The highest BCUT2D eigenvalue weighted by Crippen LogP contribution is 2.24. The summed E-state index contributed by atoms with van der Waals surface area (Å²) in [5.41, 5.74) is 1.67. The predicted octanol–water partition coefficient (Wildman–Crippen LogP) is 4.17. The molecule has 4 nitrogen and oxygen atoms in total. The lowest BCUT2D eigenvalue weighted by Gasteiger charge is -2.19. The first-order valence-electron chi connectivity index (χ1n) is 6.96. The minimum absolute atomic E-state index is 0.305. The van der Waals surface area contributed by atoms with Gasteiger partial charge in [-0.2, -0.15) is 0 Å².